The van der Waals surface area contributed by atoms with Crippen LogP contribution in [-0.4, -0.2) is 6.61 Å². The Balaban J connectivity index is 1.68. The average Bonchev–Trinajstić information content (AvgIpc) is 2.68. The summed E-state index contributed by atoms with van der Waals surface area (Å²) >= 11 is 3.43. The van der Waals surface area contributed by atoms with Crippen molar-refractivity contribution >= 4 is 21.6 Å². The van der Waals surface area contributed by atoms with Crippen LogP contribution < -0.4 is 14.8 Å². The van der Waals surface area contributed by atoms with Crippen molar-refractivity contribution in [2.24, 2.45) is 0 Å². The van der Waals surface area contributed by atoms with Gasteiger partial charge in [0.1, 0.15) is 12.4 Å². The summed E-state index contributed by atoms with van der Waals surface area (Å²) in [7, 11) is 0. The van der Waals surface area contributed by atoms with E-state index in [1.54, 1.807) is 18.2 Å². The first-order chi connectivity index (χ1) is 13.2. The Hall–Kier alpha value is -2.53. The molecule has 140 valence electrons. The fourth-order valence-electron chi connectivity index (χ4n) is 2.59. The molecule has 0 radical (unpaired) electrons. The molecule has 0 fully saturated rings. The highest BCUT2D eigenvalue weighted by atomic mass is 79.9. The lowest BCUT2D eigenvalue weighted by Crippen LogP contribution is -2.03. The normalized spacial score (nSPS) is 10.5. The third-order valence-corrected chi connectivity index (χ3v) is 4.52. The molecule has 0 amide bonds. The fourth-order valence-corrected chi connectivity index (χ4v) is 2.86. The Morgan fingerprint density at radius 3 is 2.44 bits per heavy atom. The van der Waals surface area contributed by atoms with E-state index in [0.29, 0.717) is 30.2 Å². The maximum absolute atomic E-state index is 13.8. The Morgan fingerprint density at radius 2 is 1.70 bits per heavy atom. The minimum atomic E-state index is -0.272. The zero-order valence-electron chi connectivity index (χ0n) is 15.0. The van der Waals surface area contributed by atoms with Gasteiger partial charge in [-0.25, -0.2) is 4.39 Å². The van der Waals surface area contributed by atoms with Crippen LogP contribution in [-0.2, 0) is 13.2 Å². The molecule has 5 heteroatoms. The molecule has 3 nitrogen and oxygen atoms in total. The van der Waals surface area contributed by atoms with Crippen molar-refractivity contribution in [1.82, 2.24) is 0 Å². The average molecular weight is 430 g/mol. The first-order valence-corrected chi connectivity index (χ1v) is 9.56. The van der Waals surface area contributed by atoms with E-state index >= 15 is 0 Å². The molecule has 0 bridgehead atoms. The summed E-state index contributed by atoms with van der Waals surface area (Å²) in [6, 6.07) is 20.4. The zero-order chi connectivity index (χ0) is 19.1. The predicted molar refractivity (Wildman–Crippen MR) is 110 cm³/mol. The van der Waals surface area contributed by atoms with Crippen LogP contribution in [0.5, 0.6) is 11.5 Å². The molecule has 27 heavy (non-hydrogen) atoms. The predicted octanol–water partition coefficient (Wildman–Crippen LogP) is 6.18. The van der Waals surface area contributed by atoms with Crippen molar-refractivity contribution in [2.75, 3.05) is 11.9 Å². The van der Waals surface area contributed by atoms with E-state index in [0.717, 1.165) is 15.7 Å². The van der Waals surface area contributed by atoms with Gasteiger partial charge in [-0.15, -0.1) is 0 Å². The van der Waals surface area contributed by atoms with Crippen LogP contribution in [0.4, 0.5) is 10.1 Å². The summed E-state index contributed by atoms with van der Waals surface area (Å²) in [6.45, 7) is 3.27. The van der Waals surface area contributed by atoms with Gasteiger partial charge in [-0.3, -0.25) is 0 Å². The highest BCUT2D eigenvalue weighted by Crippen LogP contribution is 2.30. The first kappa shape index (κ1) is 19.2. The van der Waals surface area contributed by atoms with Crippen LogP contribution in [0.3, 0.4) is 0 Å². The topological polar surface area (TPSA) is 30.5 Å². The Bertz CT molecular complexity index is 884. The third-order valence-electron chi connectivity index (χ3n) is 3.99. The lowest BCUT2D eigenvalue weighted by molar-refractivity contribution is 0.265. The molecule has 3 aromatic carbocycles. The number of ether oxygens (including phenoxy) is 2. The number of nitrogens with one attached hydrogen (secondary N) is 1. The van der Waals surface area contributed by atoms with Gasteiger partial charge in [0.15, 0.2) is 11.5 Å². The summed E-state index contributed by atoms with van der Waals surface area (Å²) in [4.78, 5) is 0. The molecule has 0 aromatic heterocycles. The van der Waals surface area contributed by atoms with Crippen molar-refractivity contribution in [2.45, 2.75) is 20.1 Å². The molecule has 3 rings (SSSR count). The van der Waals surface area contributed by atoms with Gasteiger partial charge in [-0.1, -0.05) is 40.2 Å². The van der Waals surface area contributed by atoms with Gasteiger partial charge >= 0.3 is 0 Å². The van der Waals surface area contributed by atoms with Gasteiger partial charge in [0, 0.05) is 22.3 Å². The molecular formula is C22H21BrFNO2. The quantitative estimate of drug-likeness (QED) is 0.463. The smallest absolute Gasteiger partial charge is 0.161 e. The molecule has 0 aliphatic rings. The molecular weight excluding hydrogens is 409 g/mol. The molecule has 0 spiro atoms. The molecule has 0 aliphatic carbocycles. The Morgan fingerprint density at radius 1 is 0.926 bits per heavy atom. The fraction of sp³-hybridized carbons (Fsp3) is 0.182. The minimum absolute atomic E-state index is 0.156. The van der Waals surface area contributed by atoms with E-state index in [4.69, 9.17) is 9.47 Å². The number of halogens is 2. The molecule has 0 saturated carbocycles. The molecule has 0 saturated heterocycles. The number of hydrogen-bond acceptors (Lipinski definition) is 3. The van der Waals surface area contributed by atoms with Gasteiger partial charge in [0.2, 0.25) is 0 Å². The summed E-state index contributed by atoms with van der Waals surface area (Å²) in [6.07, 6.45) is 0. The highest BCUT2D eigenvalue weighted by Gasteiger charge is 2.09. The second kappa shape index (κ2) is 9.42. The van der Waals surface area contributed by atoms with Gasteiger partial charge in [-0.2, -0.15) is 0 Å². The minimum Gasteiger partial charge on any atom is -0.490 e. The number of anilines is 1. The Labute approximate surface area is 167 Å². The molecule has 3 aromatic rings. The largest absolute Gasteiger partial charge is 0.490 e. The van der Waals surface area contributed by atoms with Crippen molar-refractivity contribution in [3.63, 3.8) is 0 Å². The summed E-state index contributed by atoms with van der Waals surface area (Å²) in [5.41, 5.74) is 2.62. The lowest BCUT2D eigenvalue weighted by atomic mass is 10.2. The lowest BCUT2D eigenvalue weighted by Gasteiger charge is -2.14. The SMILES string of the molecule is CCOc1cc(CNc2ccc(Br)cc2)ccc1OCc1ccccc1F. The summed E-state index contributed by atoms with van der Waals surface area (Å²) in [5.74, 6) is 0.988. The van der Waals surface area contributed by atoms with E-state index in [9.17, 15) is 4.39 Å². The second-order valence-electron chi connectivity index (χ2n) is 5.95. The number of rotatable bonds is 8. The van der Waals surface area contributed by atoms with Gasteiger partial charge in [-0.05, 0) is 55.0 Å². The standard InChI is InChI=1S/C22H21BrFNO2/c1-2-26-22-13-16(14-25-19-10-8-18(23)9-11-19)7-12-21(22)27-15-17-5-3-4-6-20(17)24/h3-13,25H,2,14-15H2,1H3. The first-order valence-electron chi connectivity index (χ1n) is 8.77. The van der Waals surface area contributed by atoms with E-state index in [1.165, 1.54) is 6.07 Å². The van der Waals surface area contributed by atoms with Gasteiger partial charge in [0.25, 0.3) is 0 Å². The van der Waals surface area contributed by atoms with Crippen molar-refractivity contribution in [1.29, 1.82) is 0 Å². The third kappa shape index (κ3) is 5.47. The van der Waals surface area contributed by atoms with Crippen LogP contribution >= 0.6 is 15.9 Å². The van der Waals surface area contributed by atoms with Crippen molar-refractivity contribution in [3.05, 3.63) is 88.1 Å². The maximum atomic E-state index is 13.8. The van der Waals surface area contributed by atoms with E-state index in [2.05, 4.69) is 21.2 Å². The summed E-state index contributed by atoms with van der Waals surface area (Å²) in [5, 5.41) is 3.38. The summed E-state index contributed by atoms with van der Waals surface area (Å²) < 4.78 is 26.3. The monoisotopic (exact) mass is 429 g/mol. The van der Waals surface area contributed by atoms with Crippen LogP contribution in [0.2, 0.25) is 0 Å². The molecule has 0 atom stereocenters. The zero-order valence-corrected chi connectivity index (χ0v) is 16.6. The van der Waals surface area contributed by atoms with Crippen LogP contribution in [0.25, 0.3) is 0 Å². The van der Waals surface area contributed by atoms with E-state index in [-0.39, 0.29) is 12.4 Å². The molecule has 0 unspecified atom stereocenters. The maximum Gasteiger partial charge on any atom is 0.161 e. The second-order valence-corrected chi connectivity index (χ2v) is 6.87. The molecule has 0 heterocycles. The van der Waals surface area contributed by atoms with Crippen LogP contribution in [0.15, 0.2) is 71.2 Å². The van der Waals surface area contributed by atoms with E-state index in [1.807, 2.05) is 49.4 Å². The number of benzene rings is 3. The van der Waals surface area contributed by atoms with Crippen molar-refractivity contribution in [3.8, 4) is 11.5 Å². The molecule has 0 aliphatic heterocycles. The van der Waals surface area contributed by atoms with Crippen molar-refractivity contribution < 1.29 is 13.9 Å². The van der Waals surface area contributed by atoms with Crippen LogP contribution in [0.1, 0.15) is 18.1 Å². The van der Waals surface area contributed by atoms with Gasteiger partial charge in [0.05, 0.1) is 6.61 Å². The molecule has 1 N–H and O–H groups in total. The Kier molecular flexibility index (Phi) is 6.71. The van der Waals surface area contributed by atoms with Gasteiger partial charge < -0.3 is 14.8 Å². The van der Waals surface area contributed by atoms with Crippen LogP contribution in [0, 0.1) is 5.82 Å². The number of hydrogen-bond donors (Lipinski definition) is 1. The highest BCUT2D eigenvalue weighted by molar-refractivity contribution is 9.10. The van der Waals surface area contributed by atoms with E-state index < -0.39 is 0 Å².